The number of nitrogens with zero attached hydrogens (tertiary/aromatic N) is 2. The summed E-state index contributed by atoms with van der Waals surface area (Å²) in [4.78, 5) is 29.6. The van der Waals surface area contributed by atoms with Crippen molar-refractivity contribution in [2.24, 2.45) is 16.6 Å². The Morgan fingerprint density at radius 1 is 1.23 bits per heavy atom. The lowest BCUT2D eigenvalue weighted by Gasteiger charge is -2.32. The fourth-order valence-electron chi connectivity index (χ4n) is 5.04. The lowest BCUT2D eigenvalue weighted by molar-refractivity contribution is -0.109. The first-order chi connectivity index (χ1) is 22.8. The number of nitrogens with two attached hydrogens (primary N) is 1. The molecule has 1 aliphatic heterocycles. The van der Waals surface area contributed by atoms with Gasteiger partial charge in [-0.15, -0.1) is 0 Å². The zero-order valence-corrected chi connectivity index (χ0v) is 30.9. The van der Waals surface area contributed by atoms with Crippen LogP contribution in [0.5, 0.6) is 0 Å². The van der Waals surface area contributed by atoms with Crippen LogP contribution in [0.15, 0.2) is 72.0 Å². The van der Waals surface area contributed by atoms with E-state index >= 15 is 0 Å². The van der Waals surface area contributed by atoms with Crippen molar-refractivity contribution in [2.75, 3.05) is 33.9 Å². The number of ether oxygens (including phenoxy) is 2. The Morgan fingerprint density at radius 2 is 1.88 bits per heavy atom. The Morgan fingerprint density at radius 3 is 2.35 bits per heavy atom. The van der Waals surface area contributed by atoms with Gasteiger partial charge in [-0.1, -0.05) is 48.0 Å². The molecule has 0 aromatic heterocycles. The molecule has 0 spiro atoms. The summed E-state index contributed by atoms with van der Waals surface area (Å²) in [5, 5.41) is 6.49. The number of carbonyl (C=O) groups excluding carboxylic acids is 2. The van der Waals surface area contributed by atoms with Gasteiger partial charge in [-0.05, 0) is 132 Å². The predicted octanol–water partition coefficient (Wildman–Crippen LogP) is 7.89. The summed E-state index contributed by atoms with van der Waals surface area (Å²) in [7, 11) is 3.44. The molecule has 1 heterocycles. The number of benzene rings is 1. The van der Waals surface area contributed by atoms with E-state index in [0.717, 1.165) is 54.1 Å². The summed E-state index contributed by atoms with van der Waals surface area (Å²) in [6, 6.07) is 5.75. The summed E-state index contributed by atoms with van der Waals surface area (Å²) in [5.41, 5.74) is 10.9. The van der Waals surface area contributed by atoms with Crippen molar-refractivity contribution in [3.05, 3.63) is 83.2 Å². The molecule has 1 saturated carbocycles. The van der Waals surface area contributed by atoms with Gasteiger partial charge in [0.2, 0.25) is 6.41 Å². The Bertz CT molecular complexity index is 1300. The third-order valence-electron chi connectivity index (χ3n) is 7.37. The van der Waals surface area contributed by atoms with Crippen LogP contribution in [0.1, 0.15) is 84.3 Å². The summed E-state index contributed by atoms with van der Waals surface area (Å²) in [6.07, 6.45) is 14.6. The van der Waals surface area contributed by atoms with Crippen LogP contribution in [-0.2, 0) is 14.3 Å². The van der Waals surface area contributed by atoms with E-state index in [4.69, 9.17) is 21.1 Å². The zero-order valence-electron chi connectivity index (χ0n) is 30.1. The highest BCUT2D eigenvalue weighted by Gasteiger charge is 2.27. The van der Waals surface area contributed by atoms with E-state index in [-0.39, 0.29) is 12.1 Å². The van der Waals surface area contributed by atoms with Gasteiger partial charge in [0.15, 0.2) is 0 Å². The average Bonchev–Trinajstić information content (AvgIpc) is 3.85. The van der Waals surface area contributed by atoms with Crippen LogP contribution in [-0.4, -0.2) is 69.2 Å². The number of aliphatic imine (C=N–C) groups is 1. The van der Waals surface area contributed by atoms with Crippen molar-refractivity contribution in [3.63, 3.8) is 0 Å². The molecule has 9 nitrogen and oxygen atoms in total. The lowest BCUT2D eigenvalue weighted by atomic mass is 9.84. The normalized spacial score (nSPS) is 15.5. The molecule has 1 atom stereocenters. The van der Waals surface area contributed by atoms with Gasteiger partial charge in [0.05, 0.1) is 12.4 Å². The van der Waals surface area contributed by atoms with Gasteiger partial charge in [-0.25, -0.2) is 4.79 Å². The first kappa shape index (κ1) is 42.2. The van der Waals surface area contributed by atoms with E-state index in [2.05, 4.69) is 46.7 Å². The molecule has 0 bridgehead atoms. The van der Waals surface area contributed by atoms with Crippen molar-refractivity contribution in [1.82, 2.24) is 15.5 Å². The van der Waals surface area contributed by atoms with Gasteiger partial charge in [0.25, 0.3) is 0 Å². The van der Waals surface area contributed by atoms with Gasteiger partial charge in [-0.3, -0.25) is 9.79 Å². The molecule has 2 aliphatic rings. The monoisotopic (exact) mass is 683 g/mol. The number of amides is 2. The number of nitrogens with one attached hydrogen (secondary N) is 2. The number of likely N-dealkylation sites (tertiary alicyclic amines) is 1. The number of piperidine rings is 1. The van der Waals surface area contributed by atoms with E-state index < -0.39 is 5.60 Å². The maximum atomic E-state index is 12.6. The summed E-state index contributed by atoms with van der Waals surface area (Å²) in [6.45, 7) is 19.2. The molecule has 3 rings (SSSR count). The Hall–Kier alpha value is -3.82. The van der Waals surface area contributed by atoms with E-state index in [9.17, 15) is 9.59 Å². The van der Waals surface area contributed by atoms with Crippen LogP contribution in [0.25, 0.3) is 11.1 Å². The molecule has 1 aliphatic carbocycles. The van der Waals surface area contributed by atoms with Crippen molar-refractivity contribution in [2.45, 2.75) is 84.8 Å². The molecule has 1 unspecified atom stereocenters. The highest BCUT2D eigenvalue weighted by molar-refractivity contribution is 6.30. The van der Waals surface area contributed by atoms with Crippen molar-refractivity contribution < 1.29 is 19.1 Å². The number of halogens is 1. The molecule has 2 amide bonds. The van der Waals surface area contributed by atoms with E-state index in [0.29, 0.717) is 30.9 Å². The highest BCUT2D eigenvalue weighted by Crippen LogP contribution is 2.38. The Balaban J connectivity index is 0.00000111. The molecular formula is C38H58ClN5O4. The summed E-state index contributed by atoms with van der Waals surface area (Å²) in [5.74, 6) is 0.926. The van der Waals surface area contributed by atoms with E-state index in [1.807, 2.05) is 52.8 Å². The number of hydrogen-bond acceptors (Lipinski definition) is 6. The first-order valence-electron chi connectivity index (χ1n) is 16.5. The number of rotatable bonds is 13. The van der Waals surface area contributed by atoms with E-state index in [1.54, 1.807) is 31.6 Å². The smallest absolute Gasteiger partial charge is 0.410 e. The quantitative estimate of drug-likeness (QED) is 0.0842. The fraction of sp³-hybridized carbons (Fsp3) is 0.500. The minimum absolute atomic E-state index is 0.229. The second kappa shape index (κ2) is 22.7. The second-order valence-electron chi connectivity index (χ2n) is 12.8. The van der Waals surface area contributed by atoms with Gasteiger partial charge in [0.1, 0.15) is 5.60 Å². The Kier molecular flexibility index (Phi) is 20.0. The average molecular weight is 684 g/mol. The molecular weight excluding hydrogens is 626 g/mol. The highest BCUT2D eigenvalue weighted by atomic mass is 35.5. The zero-order chi connectivity index (χ0) is 36.1. The summed E-state index contributed by atoms with van der Waals surface area (Å²) >= 11 is 6.51. The van der Waals surface area contributed by atoms with Crippen LogP contribution in [0.4, 0.5) is 4.79 Å². The molecule has 266 valence electrons. The van der Waals surface area contributed by atoms with Crippen molar-refractivity contribution in [1.29, 1.82) is 0 Å². The van der Waals surface area contributed by atoms with E-state index in [1.165, 1.54) is 30.2 Å². The molecule has 48 heavy (non-hydrogen) atoms. The predicted molar refractivity (Wildman–Crippen MR) is 202 cm³/mol. The van der Waals surface area contributed by atoms with Crippen LogP contribution >= 0.6 is 11.6 Å². The molecule has 1 aromatic carbocycles. The largest absolute Gasteiger partial charge is 0.444 e. The maximum absolute atomic E-state index is 12.6. The molecule has 2 fully saturated rings. The van der Waals surface area contributed by atoms with Gasteiger partial charge < -0.3 is 30.7 Å². The first-order valence-corrected chi connectivity index (χ1v) is 16.8. The standard InChI is InChI=1S/C31H43ClN4O3.C5H10O.C2H5N/c1-8-23(18-26(35-21-37)11-14-34-20-33-7)29-19-25(32)9-10-27(29)28(17-22(2)3)24-12-15-36(16-13-24)30(38)39-31(4,5)6;1-6-4-5-2-3-5;1-2-3/h8-11,14,19-21,26H,2,12-13,15-18H2,1,3-7H3,(H,33,34)(H,35,37);5H,2-4H2,1H3;2H,1,3H2/b14-11+,23-8-;;. The number of carbonyl (C=O) groups is 2. The SMILES string of the molecule is C=C(C)CC(=C1CCN(C(=O)OC(C)(C)C)CC1)c1ccc(Cl)cc1/C(=C\C)CC(/C=C/NC=NC)NC=O.C=CN.COCC1CC1. The molecule has 10 heteroatoms. The fourth-order valence-corrected chi connectivity index (χ4v) is 5.22. The topological polar surface area (TPSA) is 118 Å². The third-order valence-corrected chi connectivity index (χ3v) is 7.61. The van der Waals surface area contributed by atoms with Gasteiger partial charge in [-0.2, -0.15) is 0 Å². The molecule has 1 saturated heterocycles. The minimum Gasteiger partial charge on any atom is -0.444 e. The summed E-state index contributed by atoms with van der Waals surface area (Å²) < 4.78 is 10.5. The molecule has 0 radical (unpaired) electrons. The van der Waals surface area contributed by atoms with Crippen LogP contribution < -0.4 is 16.4 Å². The van der Waals surface area contributed by atoms with Crippen molar-refractivity contribution in [3.8, 4) is 0 Å². The lowest BCUT2D eigenvalue weighted by Crippen LogP contribution is -2.40. The maximum Gasteiger partial charge on any atom is 0.410 e. The second-order valence-corrected chi connectivity index (χ2v) is 13.3. The van der Waals surface area contributed by atoms with Crippen molar-refractivity contribution >= 4 is 41.6 Å². The molecule has 4 N–H and O–H groups in total. The number of methoxy groups -OCH3 is 1. The van der Waals surface area contributed by atoms with Gasteiger partial charge >= 0.3 is 6.09 Å². The van der Waals surface area contributed by atoms with Gasteiger partial charge in [0, 0.05) is 38.9 Å². The Labute approximate surface area is 294 Å². The van der Waals surface area contributed by atoms with Crippen LogP contribution in [0, 0.1) is 5.92 Å². The van der Waals surface area contributed by atoms with Crippen LogP contribution in [0.2, 0.25) is 5.02 Å². The number of hydrogen-bond donors (Lipinski definition) is 3. The van der Waals surface area contributed by atoms with Crippen LogP contribution in [0.3, 0.4) is 0 Å². The minimum atomic E-state index is -0.523. The number of allylic oxidation sites excluding steroid dienone is 3. The molecule has 1 aromatic rings. The third kappa shape index (κ3) is 16.8.